The second kappa shape index (κ2) is 15.3. The van der Waals surface area contributed by atoms with Gasteiger partial charge in [-0.3, -0.25) is 4.79 Å². The maximum atomic E-state index is 13.3. The number of esters is 1. The van der Waals surface area contributed by atoms with E-state index in [0.29, 0.717) is 16.9 Å². The van der Waals surface area contributed by atoms with Crippen LogP contribution in [0.5, 0.6) is 11.5 Å². The van der Waals surface area contributed by atoms with Gasteiger partial charge in [-0.1, -0.05) is 138 Å². The van der Waals surface area contributed by atoms with Gasteiger partial charge in [0.05, 0.1) is 11.0 Å². The largest absolute Gasteiger partial charge is 0.488 e. The predicted molar refractivity (Wildman–Crippen MR) is 212 cm³/mol. The molecule has 0 atom stereocenters. The summed E-state index contributed by atoms with van der Waals surface area (Å²) in [4.78, 5) is 26.4. The summed E-state index contributed by atoms with van der Waals surface area (Å²) in [5, 5.41) is 0. The molecule has 4 heteroatoms. The Bertz CT molecular complexity index is 1950. The highest BCUT2D eigenvalue weighted by molar-refractivity contribution is 6.01. The SMILES string of the molecule is CCCCCC(C)(C)Oc1ccc(C2(c3ccc(OC(=O)c4ccc(C(=O)C(C)(C)CCCC)cc4)cc3)c3ccccc3-c3ccccc32)cc1. The van der Waals surface area contributed by atoms with Crippen LogP contribution in [0.1, 0.15) is 129 Å². The van der Waals surface area contributed by atoms with Crippen LogP contribution in [0.3, 0.4) is 0 Å². The van der Waals surface area contributed by atoms with Crippen LogP contribution in [0.15, 0.2) is 121 Å². The van der Waals surface area contributed by atoms with Crippen LogP contribution >= 0.6 is 0 Å². The Kier molecular flexibility index (Phi) is 10.9. The Balaban J connectivity index is 1.29. The number of unbranched alkanes of at least 4 members (excludes halogenated alkanes) is 3. The van der Waals surface area contributed by atoms with E-state index in [0.717, 1.165) is 49.0 Å². The maximum Gasteiger partial charge on any atom is 0.343 e. The van der Waals surface area contributed by atoms with E-state index in [1.54, 1.807) is 24.3 Å². The molecule has 0 fully saturated rings. The van der Waals surface area contributed by atoms with Gasteiger partial charge in [0.1, 0.15) is 17.1 Å². The molecule has 0 heterocycles. The molecule has 0 spiro atoms. The third-order valence-electron chi connectivity index (χ3n) is 10.7. The number of fused-ring (bicyclic) bond motifs is 3. The van der Waals surface area contributed by atoms with Crippen LogP contribution < -0.4 is 9.47 Å². The lowest BCUT2D eigenvalue weighted by Crippen LogP contribution is -2.29. The number of rotatable bonds is 15. The Hall–Kier alpha value is -4.96. The van der Waals surface area contributed by atoms with E-state index < -0.39 is 16.8 Å². The molecule has 0 aromatic heterocycles. The van der Waals surface area contributed by atoms with Crippen LogP contribution in [0, 0.1) is 5.41 Å². The summed E-state index contributed by atoms with van der Waals surface area (Å²) in [6.45, 7) is 12.7. The molecule has 0 saturated heterocycles. The third-order valence-corrected chi connectivity index (χ3v) is 10.7. The molecule has 0 radical (unpaired) electrons. The zero-order valence-corrected chi connectivity index (χ0v) is 31.6. The van der Waals surface area contributed by atoms with Gasteiger partial charge in [-0.05, 0) is 103 Å². The van der Waals surface area contributed by atoms with Gasteiger partial charge in [0.2, 0.25) is 0 Å². The fourth-order valence-corrected chi connectivity index (χ4v) is 7.79. The smallest absolute Gasteiger partial charge is 0.343 e. The number of ketones is 1. The van der Waals surface area contributed by atoms with Crippen LogP contribution in [0.25, 0.3) is 11.1 Å². The van der Waals surface area contributed by atoms with Crippen LogP contribution in [-0.4, -0.2) is 17.4 Å². The highest BCUT2D eigenvalue weighted by atomic mass is 16.5. The average molecular weight is 693 g/mol. The number of Topliss-reactive ketones (excluding diaryl/α,β-unsaturated/α-hetero) is 1. The number of benzene rings is 5. The molecule has 0 N–H and O–H groups in total. The van der Waals surface area contributed by atoms with Gasteiger partial charge >= 0.3 is 5.97 Å². The molecule has 1 aliphatic rings. The van der Waals surface area contributed by atoms with Gasteiger partial charge in [-0.25, -0.2) is 4.79 Å². The van der Waals surface area contributed by atoms with Crippen molar-refractivity contribution in [3.05, 3.63) is 155 Å². The lowest BCUT2D eigenvalue weighted by atomic mass is 9.68. The first-order valence-corrected chi connectivity index (χ1v) is 19.0. The molecular formula is C48H52O4. The van der Waals surface area contributed by atoms with Crippen molar-refractivity contribution in [2.45, 2.75) is 97.5 Å². The van der Waals surface area contributed by atoms with Gasteiger partial charge in [-0.2, -0.15) is 0 Å². The normalized spacial score (nSPS) is 13.3. The summed E-state index contributed by atoms with van der Waals surface area (Å²) in [5.74, 6) is 0.948. The van der Waals surface area contributed by atoms with Crippen LogP contribution in [0.2, 0.25) is 0 Å². The molecule has 5 aromatic rings. The number of hydrogen-bond donors (Lipinski definition) is 0. The summed E-state index contributed by atoms with van der Waals surface area (Å²) < 4.78 is 12.4. The zero-order valence-electron chi connectivity index (χ0n) is 31.6. The molecule has 0 unspecified atom stereocenters. The first-order valence-electron chi connectivity index (χ1n) is 19.0. The van der Waals surface area contributed by atoms with E-state index in [2.05, 4.69) is 113 Å². The van der Waals surface area contributed by atoms with E-state index in [1.807, 2.05) is 26.0 Å². The fourth-order valence-electron chi connectivity index (χ4n) is 7.79. The van der Waals surface area contributed by atoms with Gasteiger partial charge in [0.25, 0.3) is 0 Å². The molecule has 268 valence electrons. The Morgan fingerprint density at radius 1 is 0.558 bits per heavy atom. The molecule has 1 aliphatic carbocycles. The van der Waals surface area contributed by atoms with E-state index in [1.165, 1.54) is 35.1 Å². The highest BCUT2D eigenvalue weighted by Crippen LogP contribution is 2.56. The van der Waals surface area contributed by atoms with Crippen molar-refractivity contribution in [2.75, 3.05) is 0 Å². The predicted octanol–water partition coefficient (Wildman–Crippen LogP) is 12.4. The number of carbonyl (C=O) groups is 2. The Morgan fingerprint density at radius 2 is 1.06 bits per heavy atom. The van der Waals surface area contributed by atoms with E-state index in [4.69, 9.17) is 9.47 Å². The van der Waals surface area contributed by atoms with E-state index >= 15 is 0 Å². The summed E-state index contributed by atoms with van der Waals surface area (Å²) >= 11 is 0. The monoisotopic (exact) mass is 692 g/mol. The molecule has 0 bridgehead atoms. The summed E-state index contributed by atoms with van der Waals surface area (Å²) in [6, 6.07) is 40.6. The number of carbonyl (C=O) groups excluding carboxylic acids is 2. The Morgan fingerprint density at radius 3 is 1.60 bits per heavy atom. The lowest BCUT2D eigenvalue weighted by molar-refractivity contribution is 0.0733. The first-order chi connectivity index (χ1) is 25.0. The van der Waals surface area contributed by atoms with Gasteiger partial charge in [0.15, 0.2) is 5.78 Å². The lowest BCUT2D eigenvalue weighted by Gasteiger charge is -2.34. The standard InChI is InChI=1S/C48H52O4/c1-7-9-15-33-47(5,6)52-39-30-26-37(27-31-39)48(42-18-13-11-16-40(42)41-17-12-14-19-43(41)48)36-24-28-38(29-25-36)51-45(50)35-22-20-34(21-23-35)44(49)46(3,4)32-10-8-2/h11-14,16-31H,7-10,15,32-33H2,1-6H3. The molecule has 52 heavy (non-hydrogen) atoms. The summed E-state index contributed by atoms with van der Waals surface area (Å²) in [6.07, 6.45) is 7.43. The van der Waals surface area contributed by atoms with Crippen molar-refractivity contribution >= 4 is 11.8 Å². The van der Waals surface area contributed by atoms with E-state index in [9.17, 15) is 9.59 Å². The molecule has 5 aromatic carbocycles. The number of ether oxygens (including phenoxy) is 2. The molecule has 6 rings (SSSR count). The van der Waals surface area contributed by atoms with Crippen molar-refractivity contribution in [1.29, 1.82) is 0 Å². The zero-order chi connectivity index (χ0) is 36.9. The maximum absolute atomic E-state index is 13.3. The molecule has 0 saturated carbocycles. The first kappa shape index (κ1) is 36.8. The van der Waals surface area contributed by atoms with Crippen molar-refractivity contribution in [2.24, 2.45) is 5.41 Å². The van der Waals surface area contributed by atoms with Crippen molar-refractivity contribution in [3.8, 4) is 22.6 Å². The molecule has 0 amide bonds. The van der Waals surface area contributed by atoms with Gasteiger partial charge in [0, 0.05) is 11.0 Å². The summed E-state index contributed by atoms with van der Waals surface area (Å²) in [7, 11) is 0. The second-order valence-corrected chi connectivity index (χ2v) is 15.5. The second-order valence-electron chi connectivity index (χ2n) is 15.5. The fraction of sp³-hybridized carbons (Fsp3) is 0.333. The van der Waals surface area contributed by atoms with E-state index in [-0.39, 0.29) is 11.4 Å². The molecule has 4 nitrogen and oxygen atoms in total. The van der Waals surface area contributed by atoms with Crippen LogP contribution in [-0.2, 0) is 5.41 Å². The van der Waals surface area contributed by atoms with Crippen molar-refractivity contribution in [3.63, 3.8) is 0 Å². The van der Waals surface area contributed by atoms with Gasteiger partial charge in [-0.15, -0.1) is 0 Å². The summed E-state index contributed by atoms with van der Waals surface area (Å²) in [5.41, 5.74) is 6.78. The average Bonchev–Trinajstić information content (AvgIpc) is 3.45. The third kappa shape index (κ3) is 7.35. The highest BCUT2D eigenvalue weighted by Gasteiger charge is 2.46. The van der Waals surface area contributed by atoms with Crippen molar-refractivity contribution < 1.29 is 19.1 Å². The quantitative estimate of drug-likeness (QED) is 0.0465. The topological polar surface area (TPSA) is 52.6 Å². The van der Waals surface area contributed by atoms with Gasteiger partial charge < -0.3 is 9.47 Å². The minimum absolute atomic E-state index is 0.0915. The van der Waals surface area contributed by atoms with Crippen molar-refractivity contribution in [1.82, 2.24) is 0 Å². The molecular weight excluding hydrogens is 641 g/mol. The minimum Gasteiger partial charge on any atom is -0.488 e. The Labute approximate surface area is 310 Å². The number of hydrogen-bond acceptors (Lipinski definition) is 4. The molecule has 0 aliphatic heterocycles. The minimum atomic E-state index is -0.585. The van der Waals surface area contributed by atoms with Crippen LogP contribution in [0.4, 0.5) is 0 Å².